The number of benzene rings is 1. The molecule has 1 N–H and O–H groups in total. The van der Waals surface area contributed by atoms with E-state index in [2.05, 4.69) is 4.98 Å². The number of hydrogen-bond donors (Lipinski definition) is 1. The van der Waals surface area contributed by atoms with Crippen LogP contribution < -0.4 is 0 Å². The predicted molar refractivity (Wildman–Crippen MR) is 70.8 cm³/mol. The van der Waals surface area contributed by atoms with Crippen LogP contribution in [0.4, 0.5) is 0 Å². The van der Waals surface area contributed by atoms with Gasteiger partial charge in [0.2, 0.25) is 0 Å². The Kier molecular flexibility index (Phi) is 2.70. The molecular formula is C15H19NO. The molecule has 2 nitrogen and oxygen atoms in total. The van der Waals surface area contributed by atoms with Crippen LogP contribution in [0, 0.1) is 5.41 Å². The second-order valence-electron chi connectivity index (χ2n) is 5.73. The molecule has 90 valence electrons. The molecule has 2 rings (SSSR count). The van der Waals surface area contributed by atoms with E-state index in [0.29, 0.717) is 0 Å². The van der Waals surface area contributed by atoms with Gasteiger partial charge >= 0.3 is 0 Å². The summed E-state index contributed by atoms with van der Waals surface area (Å²) in [7, 11) is 0. The Morgan fingerprint density at radius 3 is 2.41 bits per heavy atom. The summed E-state index contributed by atoms with van der Waals surface area (Å²) in [6, 6.07) is 9.91. The molecule has 0 radical (unpaired) electrons. The summed E-state index contributed by atoms with van der Waals surface area (Å²) in [4.78, 5) is 4.33. The zero-order valence-electron chi connectivity index (χ0n) is 10.9. The van der Waals surface area contributed by atoms with Gasteiger partial charge in [-0.05, 0) is 30.0 Å². The monoisotopic (exact) mass is 229 g/mol. The molecule has 1 unspecified atom stereocenters. The number of aliphatic hydroxyl groups is 1. The van der Waals surface area contributed by atoms with Crippen LogP contribution in [0.2, 0.25) is 0 Å². The van der Waals surface area contributed by atoms with Crippen LogP contribution in [0.25, 0.3) is 10.9 Å². The molecule has 2 heteroatoms. The van der Waals surface area contributed by atoms with Crippen LogP contribution in [0.3, 0.4) is 0 Å². The smallest absolute Gasteiger partial charge is 0.0917 e. The zero-order valence-corrected chi connectivity index (χ0v) is 10.9. The van der Waals surface area contributed by atoms with E-state index >= 15 is 0 Å². The van der Waals surface area contributed by atoms with Gasteiger partial charge in [-0.1, -0.05) is 39.0 Å². The molecule has 0 aliphatic rings. The fourth-order valence-corrected chi connectivity index (χ4v) is 1.80. The first-order chi connectivity index (χ1) is 7.82. The molecule has 17 heavy (non-hydrogen) atoms. The molecule has 2 aromatic rings. The van der Waals surface area contributed by atoms with Gasteiger partial charge in [-0.25, -0.2) is 0 Å². The second-order valence-corrected chi connectivity index (χ2v) is 5.73. The molecule has 1 aromatic heterocycles. The van der Waals surface area contributed by atoms with E-state index in [0.717, 1.165) is 16.5 Å². The van der Waals surface area contributed by atoms with Crippen LogP contribution in [0.1, 0.15) is 33.3 Å². The van der Waals surface area contributed by atoms with E-state index in [1.54, 1.807) is 6.20 Å². The Bertz CT molecular complexity index is 538. The first-order valence-electron chi connectivity index (χ1n) is 5.90. The maximum absolute atomic E-state index is 10.7. The summed E-state index contributed by atoms with van der Waals surface area (Å²) in [5.41, 5.74) is 0.763. The largest absolute Gasteiger partial charge is 0.385 e. The fourth-order valence-electron chi connectivity index (χ4n) is 1.80. The molecule has 0 amide bonds. The first kappa shape index (κ1) is 12.1. The number of aromatic nitrogens is 1. The molecule has 0 aliphatic carbocycles. The van der Waals surface area contributed by atoms with Crippen LogP contribution in [0.15, 0.2) is 36.5 Å². The van der Waals surface area contributed by atoms with Gasteiger partial charge in [-0.3, -0.25) is 4.98 Å². The Morgan fingerprint density at radius 1 is 1.06 bits per heavy atom. The Labute approximate surface area is 102 Å². The van der Waals surface area contributed by atoms with Crippen LogP contribution in [0.5, 0.6) is 0 Å². The first-order valence-corrected chi connectivity index (χ1v) is 5.90. The average molecular weight is 229 g/mol. The lowest BCUT2D eigenvalue weighted by atomic mass is 9.73. The second kappa shape index (κ2) is 3.81. The summed E-state index contributed by atoms with van der Waals surface area (Å²) in [5, 5.41) is 11.8. The summed E-state index contributed by atoms with van der Waals surface area (Å²) >= 11 is 0. The van der Waals surface area contributed by atoms with Crippen LogP contribution >= 0.6 is 0 Å². The summed E-state index contributed by atoms with van der Waals surface area (Å²) in [6.07, 6.45) is 1.78. The van der Waals surface area contributed by atoms with Gasteiger partial charge in [0.05, 0.1) is 11.1 Å². The minimum atomic E-state index is -0.862. The minimum absolute atomic E-state index is 0.213. The van der Waals surface area contributed by atoms with E-state index in [-0.39, 0.29) is 5.41 Å². The number of hydrogen-bond acceptors (Lipinski definition) is 2. The van der Waals surface area contributed by atoms with Crippen molar-refractivity contribution in [1.82, 2.24) is 4.98 Å². The highest BCUT2D eigenvalue weighted by atomic mass is 16.3. The van der Waals surface area contributed by atoms with Crippen molar-refractivity contribution in [3.8, 4) is 0 Å². The summed E-state index contributed by atoms with van der Waals surface area (Å²) in [6.45, 7) is 7.97. The topological polar surface area (TPSA) is 33.1 Å². The van der Waals surface area contributed by atoms with E-state index in [9.17, 15) is 5.11 Å². The molecule has 1 aromatic carbocycles. The zero-order chi connectivity index (χ0) is 12.7. The molecule has 1 heterocycles. The van der Waals surface area contributed by atoms with E-state index in [1.807, 2.05) is 58.0 Å². The SMILES string of the molecule is CC(C)(C)C(C)(O)c1ccc2cccnc2c1. The Morgan fingerprint density at radius 2 is 1.76 bits per heavy atom. The van der Waals surface area contributed by atoms with Crippen molar-refractivity contribution in [2.24, 2.45) is 5.41 Å². The molecule has 0 aliphatic heterocycles. The maximum atomic E-state index is 10.7. The summed E-state index contributed by atoms with van der Waals surface area (Å²) in [5.74, 6) is 0. The van der Waals surface area contributed by atoms with Crippen molar-refractivity contribution < 1.29 is 5.11 Å². The quantitative estimate of drug-likeness (QED) is 0.812. The van der Waals surface area contributed by atoms with E-state index in [4.69, 9.17) is 0 Å². The highest BCUT2D eigenvalue weighted by Gasteiger charge is 2.36. The van der Waals surface area contributed by atoms with Gasteiger partial charge < -0.3 is 5.11 Å². The van der Waals surface area contributed by atoms with Crippen molar-refractivity contribution >= 4 is 10.9 Å². The number of pyridine rings is 1. The van der Waals surface area contributed by atoms with Crippen molar-refractivity contribution in [2.45, 2.75) is 33.3 Å². The van der Waals surface area contributed by atoms with Gasteiger partial charge in [0, 0.05) is 11.6 Å². The molecule has 0 saturated carbocycles. The lowest BCUT2D eigenvalue weighted by molar-refractivity contribution is -0.0469. The molecule has 0 saturated heterocycles. The third kappa shape index (κ3) is 2.05. The lowest BCUT2D eigenvalue weighted by Gasteiger charge is -2.37. The van der Waals surface area contributed by atoms with Crippen molar-refractivity contribution in [3.63, 3.8) is 0 Å². The van der Waals surface area contributed by atoms with Gasteiger partial charge in [0.15, 0.2) is 0 Å². The highest BCUT2D eigenvalue weighted by molar-refractivity contribution is 5.79. The number of rotatable bonds is 1. The Hall–Kier alpha value is -1.41. The van der Waals surface area contributed by atoms with Gasteiger partial charge in [0.1, 0.15) is 0 Å². The standard InChI is InChI=1S/C15H19NO/c1-14(2,3)15(4,17)12-8-7-11-6-5-9-16-13(11)10-12/h5-10,17H,1-4H3. The van der Waals surface area contributed by atoms with Gasteiger partial charge in [-0.2, -0.15) is 0 Å². The van der Waals surface area contributed by atoms with Crippen molar-refractivity contribution in [3.05, 3.63) is 42.1 Å². The fraction of sp³-hybridized carbons (Fsp3) is 0.400. The Balaban J connectivity index is 2.57. The highest BCUT2D eigenvalue weighted by Crippen LogP contribution is 2.39. The molecular weight excluding hydrogens is 210 g/mol. The normalized spacial score (nSPS) is 15.8. The van der Waals surface area contributed by atoms with Crippen LogP contribution in [-0.2, 0) is 5.60 Å². The molecule has 0 spiro atoms. The molecule has 0 bridgehead atoms. The average Bonchev–Trinajstić information content (AvgIpc) is 2.27. The predicted octanol–water partition coefficient (Wildman–Crippen LogP) is 3.49. The molecule has 0 fully saturated rings. The number of nitrogens with zero attached hydrogens (tertiary/aromatic N) is 1. The van der Waals surface area contributed by atoms with E-state index < -0.39 is 5.60 Å². The van der Waals surface area contributed by atoms with Gasteiger partial charge in [-0.15, -0.1) is 0 Å². The maximum Gasteiger partial charge on any atom is 0.0917 e. The third-order valence-electron chi connectivity index (χ3n) is 3.63. The number of fused-ring (bicyclic) bond motifs is 1. The summed E-state index contributed by atoms with van der Waals surface area (Å²) < 4.78 is 0. The van der Waals surface area contributed by atoms with Crippen LogP contribution in [-0.4, -0.2) is 10.1 Å². The third-order valence-corrected chi connectivity index (χ3v) is 3.63. The lowest BCUT2D eigenvalue weighted by Crippen LogP contribution is -2.36. The minimum Gasteiger partial charge on any atom is -0.385 e. The van der Waals surface area contributed by atoms with Crippen molar-refractivity contribution in [1.29, 1.82) is 0 Å². The van der Waals surface area contributed by atoms with E-state index in [1.165, 1.54) is 0 Å². The van der Waals surface area contributed by atoms with Gasteiger partial charge in [0.25, 0.3) is 0 Å². The molecule has 1 atom stereocenters. The van der Waals surface area contributed by atoms with Crippen molar-refractivity contribution in [2.75, 3.05) is 0 Å².